The maximum absolute atomic E-state index is 6.24. The summed E-state index contributed by atoms with van der Waals surface area (Å²) in [5.41, 5.74) is 11.4. The van der Waals surface area contributed by atoms with Crippen LogP contribution in [-0.2, 0) is 23.1 Å². The molecule has 0 saturated carbocycles. The third kappa shape index (κ3) is 8.55. The minimum Gasteiger partial charge on any atom is -0.394 e. The van der Waals surface area contributed by atoms with Crippen molar-refractivity contribution in [1.29, 1.82) is 0 Å². The maximum atomic E-state index is 6.24. The zero-order valence-corrected chi connectivity index (χ0v) is 16.3. The monoisotopic (exact) mass is 352 g/mol. The molecule has 0 aliphatic rings. The van der Waals surface area contributed by atoms with Gasteiger partial charge in [-0.1, -0.05) is 0 Å². The molecule has 8 heteroatoms. The van der Waals surface area contributed by atoms with Gasteiger partial charge in [-0.05, 0) is 53.2 Å². The summed E-state index contributed by atoms with van der Waals surface area (Å²) >= 11 is 0. The van der Waals surface area contributed by atoms with Crippen molar-refractivity contribution >= 4 is 8.56 Å². The highest BCUT2D eigenvalue weighted by Crippen LogP contribution is 2.25. The lowest BCUT2D eigenvalue weighted by molar-refractivity contribution is -0.386. The quantitative estimate of drug-likeness (QED) is 0.321. The van der Waals surface area contributed by atoms with Crippen molar-refractivity contribution in [1.82, 2.24) is 0 Å². The lowest BCUT2D eigenvalue weighted by Gasteiger charge is -2.37. The SMILES string of the molecule is CCOC(CO[Si](CCN)(CCCN)OCC)(OCC)OCC. The number of hydrogen-bond acceptors (Lipinski definition) is 7. The second-order valence-electron chi connectivity index (χ2n) is 5.05. The highest BCUT2D eigenvalue weighted by Gasteiger charge is 2.42. The van der Waals surface area contributed by atoms with Crippen molar-refractivity contribution in [2.45, 2.75) is 52.2 Å². The van der Waals surface area contributed by atoms with Crippen LogP contribution >= 0.6 is 0 Å². The van der Waals surface area contributed by atoms with Gasteiger partial charge in [0.25, 0.3) is 0 Å². The molecule has 0 aromatic carbocycles. The molecule has 0 radical (unpaired) electrons. The van der Waals surface area contributed by atoms with Crippen LogP contribution in [-0.4, -0.2) is 60.7 Å². The topological polar surface area (TPSA) is 98.2 Å². The van der Waals surface area contributed by atoms with E-state index in [-0.39, 0.29) is 6.61 Å². The first kappa shape index (κ1) is 22.9. The number of nitrogens with two attached hydrogens (primary N) is 2. The molecular weight excluding hydrogens is 316 g/mol. The van der Waals surface area contributed by atoms with Crippen molar-refractivity contribution in [3.05, 3.63) is 0 Å². The van der Waals surface area contributed by atoms with Gasteiger partial charge in [-0.2, -0.15) is 0 Å². The second-order valence-corrected chi connectivity index (χ2v) is 8.44. The summed E-state index contributed by atoms with van der Waals surface area (Å²) in [7, 11) is -2.46. The smallest absolute Gasteiger partial charge is 0.339 e. The van der Waals surface area contributed by atoms with Crippen LogP contribution in [0.5, 0.6) is 0 Å². The third-order valence-corrected chi connectivity index (χ3v) is 6.95. The zero-order chi connectivity index (χ0) is 17.6. The van der Waals surface area contributed by atoms with Crippen LogP contribution in [0.15, 0.2) is 0 Å². The van der Waals surface area contributed by atoms with E-state index in [1.54, 1.807) is 0 Å². The van der Waals surface area contributed by atoms with E-state index >= 15 is 0 Å². The van der Waals surface area contributed by atoms with E-state index in [0.717, 1.165) is 12.5 Å². The van der Waals surface area contributed by atoms with Crippen LogP contribution in [0.2, 0.25) is 12.1 Å². The van der Waals surface area contributed by atoms with E-state index in [4.69, 9.17) is 34.5 Å². The van der Waals surface area contributed by atoms with Crippen LogP contribution in [0.4, 0.5) is 0 Å². The Bertz CT molecular complexity index is 262. The van der Waals surface area contributed by atoms with Gasteiger partial charge in [-0.25, -0.2) is 0 Å². The summed E-state index contributed by atoms with van der Waals surface area (Å²) in [6, 6.07) is 1.51. The van der Waals surface area contributed by atoms with Crippen molar-refractivity contribution in [3.8, 4) is 0 Å². The van der Waals surface area contributed by atoms with Crippen LogP contribution in [0, 0.1) is 0 Å². The second kappa shape index (κ2) is 13.3. The molecule has 140 valence electrons. The van der Waals surface area contributed by atoms with E-state index in [9.17, 15) is 0 Å². The Balaban J connectivity index is 5.09. The predicted molar refractivity (Wildman–Crippen MR) is 93.3 cm³/mol. The average Bonchev–Trinajstić information content (AvgIpc) is 2.52. The summed E-state index contributed by atoms with van der Waals surface area (Å²) in [6.07, 6.45) is 0.844. The van der Waals surface area contributed by atoms with Crippen molar-refractivity contribution in [2.75, 3.05) is 46.1 Å². The molecule has 0 rings (SSSR count). The molecule has 0 saturated heterocycles. The molecular formula is C15H36N2O5Si. The van der Waals surface area contributed by atoms with Gasteiger partial charge in [0.05, 0.1) is 0 Å². The molecule has 0 bridgehead atoms. The Hall–Kier alpha value is -0.0631. The molecule has 0 aliphatic carbocycles. The van der Waals surface area contributed by atoms with Crippen molar-refractivity contribution in [3.63, 3.8) is 0 Å². The van der Waals surface area contributed by atoms with Gasteiger partial charge in [0.1, 0.15) is 6.61 Å². The first-order chi connectivity index (χ1) is 11.1. The number of hydrogen-bond donors (Lipinski definition) is 2. The Morgan fingerprint density at radius 2 is 1.30 bits per heavy atom. The van der Waals surface area contributed by atoms with E-state index in [1.807, 2.05) is 27.7 Å². The molecule has 4 N–H and O–H groups in total. The van der Waals surface area contributed by atoms with Crippen LogP contribution < -0.4 is 11.5 Å². The molecule has 0 aromatic rings. The number of ether oxygens (including phenoxy) is 3. The van der Waals surface area contributed by atoms with Gasteiger partial charge in [-0.3, -0.25) is 0 Å². The fraction of sp³-hybridized carbons (Fsp3) is 1.00. The van der Waals surface area contributed by atoms with Gasteiger partial charge >= 0.3 is 14.5 Å². The molecule has 7 nitrogen and oxygen atoms in total. The first-order valence-corrected chi connectivity index (χ1v) is 10.9. The predicted octanol–water partition coefficient (Wildman–Crippen LogP) is 1.55. The van der Waals surface area contributed by atoms with Crippen LogP contribution in [0.1, 0.15) is 34.1 Å². The molecule has 0 heterocycles. The largest absolute Gasteiger partial charge is 0.394 e. The standard InChI is InChI=1S/C15H36N2O5Si/c1-5-18-15(19-6-2,20-7-3)14-22-23(13-11-17,21-8-4)12-9-10-16/h5-14,16-17H2,1-4H3. The van der Waals surface area contributed by atoms with Gasteiger partial charge in [0, 0.05) is 32.5 Å². The van der Waals surface area contributed by atoms with Gasteiger partial charge in [0.15, 0.2) is 0 Å². The zero-order valence-electron chi connectivity index (χ0n) is 15.3. The number of rotatable bonds is 16. The minimum absolute atomic E-state index is 0.166. The van der Waals surface area contributed by atoms with E-state index in [0.29, 0.717) is 45.6 Å². The molecule has 0 aliphatic heterocycles. The van der Waals surface area contributed by atoms with Crippen molar-refractivity contribution in [2.24, 2.45) is 11.5 Å². The Labute approximate surface area is 142 Å². The molecule has 1 atom stereocenters. The fourth-order valence-electron chi connectivity index (χ4n) is 2.44. The van der Waals surface area contributed by atoms with Crippen LogP contribution in [0.25, 0.3) is 0 Å². The van der Waals surface area contributed by atoms with E-state index < -0.39 is 14.5 Å². The molecule has 0 spiro atoms. The molecule has 0 fully saturated rings. The molecule has 23 heavy (non-hydrogen) atoms. The van der Waals surface area contributed by atoms with Gasteiger partial charge in [-0.15, -0.1) is 0 Å². The summed E-state index contributed by atoms with van der Waals surface area (Å²) in [4.78, 5) is 0. The first-order valence-electron chi connectivity index (χ1n) is 8.67. The lowest BCUT2D eigenvalue weighted by atomic mass is 10.5. The Kier molecular flexibility index (Phi) is 13.2. The van der Waals surface area contributed by atoms with E-state index in [2.05, 4.69) is 0 Å². The van der Waals surface area contributed by atoms with Crippen LogP contribution in [0.3, 0.4) is 0 Å². The minimum atomic E-state index is -2.46. The molecule has 0 amide bonds. The summed E-state index contributed by atoms with van der Waals surface area (Å²) in [6.45, 7) is 10.9. The van der Waals surface area contributed by atoms with Gasteiger partial charge < -0.3 is 34.5 Å². The Morgan fingerprint density at radius 3 is 1.70 bits per heavy atom. The summed E-state index contributed by atoms with van der Waals surface area (Å²) in [5.74, 6) is -1.19. The average molecular weight is 353 g/mol. The molecule has 0 aromatic heterocycles. The highest BCUT2D eigenvalue weighted by atomic mass is 28.4. The molecule has 1 unspecified atom stereocenters. The van der Waals surface area contributed by atoms with Crippen molar-refractivity contribution < 1.29 is 23.1 Å². The Morgan fingerprint density at radius 1 is 0.739 bits per heavy atom. The summed E-state index contributed by atoms with van der Waals surface area (Å²) in [5, 5.41) is 0. The normalized spacial score (nSPS) is 14.9. The fourth-order valence-corrected chi connectivity index (χ4v) is 5.50. The van der Waals surface area contributed by atoms with E-state index in [1.165, 1.54) is 0 Å². The lowest BCUT2D eigenvalue weighted by Crippen LogP contribution is -2.51. The van der Waals surface area contributed by atoms with Gasteiger partial charge in [0.2, 0.25) is 0 Å². The highest BCUT2D eigenvalue weighted by molar-refractivity contribution is 6.67. The maximum Gasteiger partial charge on any atom is 0.339 e. The third-order valence-electron chi connectivity index (χ3n) is 3.30. The summed E-state index contributed by atoms with van der Waals surface area (Å²) < 4.78 is 29.4.